The van der Waals surface area contributed by atoms with Gasteiger partial charge in [-0.1, -0.05) is 18.2 Å². The number of fused-ring (bicyclic) bond motifs is 1. The van der Waals surface area contributed by atoms with Crippen LogP contribution in [0.15, 0.2) is 53.5 Å². The minimum atomic E-state index is -0.255. The molecule has 38 heavy (non-hydrogen) atoms. The van der Waals surface area contributed by atoms with Gasteiger partial charge in [0.15, 0.2) is 0 Å². The molecule has 4 aromatic rings. The van der Waals surface area contributed by atoms with E-state index in [0.29, 0.717) is 28.5 Å². The largest absolute Gasteiger partial charge is 0.496 e. The molecule has 3 aromatic heterocycles. The van der Waals surface area contributed by atoms with E-state index in [1.807, 2.05) is 38.2 Å². The highest BCUT2D eigenvalue weighted by Crippen LogP contribution is 2.30. The highest BCUT2D eigenvalue weighted by atomic mass is 16.5. The van der Waals surface area contributed by atoms with Gasteiger partial charge in [0.2, 0.25) is 0 Å². The quantitative estimate of drug-likeness (QED) is 0.380. The van der Waals surface area contributed by atoms with Crippen LogP contribution in [-0.4, -0.2) is 40.6 Å². The fourth-order valence-corrected chi connectivity index (χ4v) is 5.52. The van der Waals surface area contributed by atoms with Crippen molar-refractivity contribution in [2.75, 3.05) is 25.1 Å². The fraction of sp³-hybridized carbons (Fsp3) is 0.367. The van der Waals surface area contributed by atoms with Crippen LogP contribution in [0.2, 0.25) is 0 Å². The van der Waals surface area contributed by atoms with Gasteiger partial charge in [-0.15, -0.1) is 0 Å². The van der Waals surface area contributed by atoms with Crippen LogP contribution in [0.4, 0.5) is 5.69 Å². The monoisotopic (exact) mass is 513 g/mol. The lowest BCUT2D eigenvalue weighted by Gasteiger charge is -2.34. The number of anilines is 1. The van der Waals surface area contributed by atoms with Crippen LogP contribution in [0.25, 0.3) is 10.9 Å². The Morgan fingerprint density at radius 2 is 1.89 bits per heavy atom. The molecule has 8 nitrogen and oxygen atoms in total. The Morgan fingerprint density at radius 1 is 1.13 bits per heavy atom. The fourth-order valence-electron chi connectivity index (χ4n) is 5.52. The Kier molecular flexibility index (Phi) is 7.22. The van der Waals surface area contributed by atoms with Gasteiger partial charge in [-0.05, 0) is 63.8 Å². The molecule has 0 aliphatic carbocycles. The summed E-state index contributed by atoms with van der Waals surface area (Å²) in [5.41, 5.74) is 5.73. The molecule has 1 aliphatic rings. The number of methoxy groups -OCH3 is 1. The third-order valence-electron chi connectivity index (χ3n) is 7.65. The first-order valence-electron chi connectivity index (χ1n) is 13.2. The van der Waals surface area contributed by atoms with Crippen molar-refractivity contribution in [2.45, 2.75) is 46.7 Å². The Labute approximate surface area is 222 Å². The van der Waals surface area contributed by atoms with E-state index >= 15 is 0 Å². The first-order chi connectivity index (χ1) is 18.4. The molecule has 1 saturated heterocycles. The third-order valence-corrected chi connectivity index (χ3v) is 7.65. The maximum absolute atomic E-state index is 13.5. The molecular formula is C30H35N5O3. The Hall–Kier alpha value is -4.07. The molecule has 1 aromatic carbocycles. The van der Waals surface area contributed by atoms with E-state index in [4.69, 9.17) is 4.74 Å². The summed E-state index contributed by atoms with van der Waals surface area (Å²) in [5, 5.41) is 3.89. The summed E-state index contributed by atoms with van der Waals surface area (Å²) < 4.78 is 7.68. The van der Waals surface area contributed by atoms with Crippen molar-refractivity contribution >= 4 is 22.5 Å². The summed E-state index contributed by atoms with van der Waals surface area (Å²) >= 11 is 0. The summed E-state index contributed by atoms with van der Waals surface area (Å²) in [6, 6.07) is 14.0. The number of pyridine rings is 2. The van der Waals surface area contributed by atoms with Gasteiger partial charge in [0.05, 0.1) is 36.7 Å². The number of nitrogens with zero attached hydrogens (tertiary/aromatic N) is 3. The topological polar surface area (TPSA) is 92.2 Å². The maximum Gasteiger partial charge on any atom is 0.256 e. The van der Waals surface area contributed by atoms with Crippen LogP contribution in [-0.2, 0) is 13.1 Å². The first kappa shape index (κ1) is 25.6. The molecule has 1 fully saturated rings. The molecule has 5 rings (SSSR count). The second kappa shape index (κ2) is 10.7. The number of aromatic amines is 1. The van der Waals surface area contributed by atoms with E-state index in [1.165, 1.54) is 12.8 Å². The number of carbonyl (C=O) groups is 1. The molecule has 0 atom stereocenters. The molecule has 0 unspecified atom stereocenters. The predicted molar refractivity (Wildman–Crippen MR) is 150 cm³/mol. The molecule has 1 amide bonds. The number of aromatic nitrogens is 3. The van der Waals surface area contributed by atoms with E-state index in [1.54, 1.807) is 13.0 Å². The van der Waals surface area contributed by atoms with Crippen LogP contribution in [0.3, 0.4) is 0 Å². The number of piperidine rings is 1. The van der Waals surface area contributed by atoms with Crippen molar-refractivity contribution < 1.29 is 9.53 Å². The van der Waals surface area contributed by atoms with E-state index < -0.39 is 0 Å². The Balaban J connectivity index is 1.33. The molecule has 8 heteroatoms. The summed E-state index contributed by atoms with van der Waals surface area (Å²) in [4.78, 5) is 35.6. The number of carbonyl (C=O) groups excluding carboxylic acids is 1. The number of hydrogen-bond donors (Lipinski definition) is 2. The lowest BCUT2D eigenvalue weighted by atomic mass is 9.96. The lowest BCUT2D eigenvalue weighted by molar-refractivity contribution is 0.0951. The van der Waals surface area contributed by atoms with Gasteiger partial charge in [0, 0.05) is 47.6 Å². The van der Waals surface area contributed by atoms with Gasteiger partial charge in [-0.25, -0.2) is 0 Å². The number of aryl methyl sites for hydroxylation is 2. The zero-order valence-corrected chi connectivity index (χ0v) is 22.5. The van der Waals surface area contributed by atoms with Gasteiger partial charge in [-0.3, -0.25) is 14.6 Å². The van der Waals surface area contributed by atoms with Crippen LogP contribution >= 0.6 is 0 Å². The second-order valence-electron chi connectivity index (χ2n) is 10.2. The van der Waals surface area contributed by atoms with Gasteiger partial charge in [0.25, 0.3) is 11.5 Å². The summed E-state index contributed by atoms with van der Waals surface area (Å²) in [7, 11) is 1.53. The average molecular weight is 514 g/mol. The molecular weight excluding hydrogens is 478 g/mol. The van der Waals surface area contributed by atoms with Gasteiger partial charge in [-0.2, -0.15) is 0 Å². The maximum atomic E-state index is 13.5. The normalized spacial score (nSPS) is 14.2. The van der Waals surface area contributed by atoms with Gasteiger partial charge in [0.1, 0.15) is 5.75 Å². The summed E-state index contributed by atoms with van der Waals surface area (Å²) in [5.74, 6) is 0.796. The summed E-state index contributed by atoms with van der Waals surface area (Å²) in [6.45, 7) is 8.76. The van der Waals surface area contributed by atoms with E-state index in [9.17, 15) is 9.59 Å². The number of rotatable bonds is 7. The predicted octanol–water partition coefficient (Wildman–Crippen LogP) is 4.51. The number of H-pyrrole nitrogens is 1. The lowest BCUT2D eigenvalue weighted by Crippen LogP contribution is -2.35. The van der Waals surface area contributed by atoms with Crippen LogP contribution in [0.1, 0.15) is 45.8 Å². The Morgan fingerprint density at radius 3 is 2.61 bits per heavy atom. The highest BCUT2D eigenvalue weighted by Gasteiger charge is 2.25. The molecule has 1 aliphatic heterocycles. The smallest absolute Gasteiger partial charge is 0.256 e. The van der Waals surface area contributed by atoms with Crippen LogP contribution in [0, 0.1) is 26.7 Å². The van der Waals surface area contributed by atoms with E-state index in [0.717, 1.165) is 54.8 Å². The molecule has 0 bridgehead atoms. The molecule has 198 valence electrons. The number of nitrogens with one attached hydrogen (secondary N) is 2. The molecule has 0 radical (unpaired) electrons. The number of amides is 1. The minimum absolute atomic E-state index is 0.0862. The van der Waals surface area contributed by atoms with Crippen molar-refractivity contribution in [2.24, 2.45) is 5.92 Å². The molecule has 4 heterocycles. The number of benzene rings is 1. The van der Waals surface area contributed by atoms with Crippen molar-refractivity contribution in [3.8, 4) is 5.75 Å². The Bertz CT molecular complexity index is 1510. The van der Waals surface area contributed by atoms with Crippen molar-refractivity contribution in [1.82, 2.24) is 19.9 Å². The highest BCUT2D eigenvalue weighted by molar-refractivity contribution is 6.08. The number of hydrogen-bond acceptors (Lipinski definition) is 5. The zero-order chi connectivity index (χ0) is 26.8. The standard InChI is InChI=1S/C30H35N5O3/c1-19-9-10-23(16-31-19)34-13-11-22(12-14-34)18-35-21(3)28(24-7-5-6-8-26(24)35)30(37)32-17-25-27(38-4)15-20(2)33-29(25)36/h5-10,15-16,22H,11-14,17-18H2,1-4H3,(H,32,37)(H,33,36). The SMILES string of the molecule is COc1cc(C)[nH]c(=O)c1CNC(=O)c1c(C)n(CC2CCN(c3ccc(C)nc3)CC2)c2ccccc12. The van der Waals surface area contributed by atoms with Crippen molar-refractivity contribution in [1.29, 1.82) is 0 Å². The van der Waals surface area contributed by atoms with Crippen LogP contribution in [0.5, 0.6) is 5.75 Å². The third kappa shape index (κ3) is 5.03. The minimum Gasteiger partial charge on any atom is -0.496 e. The first-order valence-corrected chi connectivity index (χ1v) is 13.2. The van der Waals surface area contributed by atoms with Gasteiger partial charge < -0.3 is 24.5 Å². The van der Waals surface area contributed by atoms with E-state index in [2.05, 4.69) is 43.0 Å². The molecule has 2 N–H and O–H groups in total. The van der Waals surface area contributed by atoms with Crippen molar-refractivity contribution in [3.05, 3.63) is 87.2 Å². The second-order valence-corrected chi connectivity index (χ2v) is 10.2. The molecule has 0 spiro atoms. The van der Waals surface area contributed by atoms with Crippen molar-refractivity contribution in [3.63, 3.8) is 0 Å². The average Bonchev–Trinajstić information content (AvgIpc) is 3.19. The number of ether oxygens (including phenoxy) is 1. The number of para-hydroxylation sites is 1. The van der Waals surface area contributed by atoms with E-state index in [-0.39, 0.29) is 18.0 Å². The molecule has 0 saturated carbocycles. The van der Waals surface area contributed by atoms with Crippen LogP contribution < -0.4 is 20.5 Å². The zero-order valence-electron chi connectivity index (χ0n) is 22.5. The van der Waals surface area contributed by atoms with Gasteiger partial charge >= 0.3 is 0 Å². The summed E-state index contributed by atoms with van der Waals surface area (Å²) in [6.07, 6.45) is 4.12.